The molecule has 1 aliphatic rings. The van der Waals surface area contributed by atoms with E-state index in [0.717, 1.165) is 27.8 Å². The van der Waals surface area contributed by atoms with Gasteiger partial charge < -0.3 is 19.7 Å². The van der Waals surface area contributed by atoms with Gasteiger partial charge >= 0.3 is 5.97 Å². The van der Waals surface area contributed by atoms with Crippen LogP contribution in [0.5, 0.6) is 11.5 Å². The van der Waals surface area contributed by atoms with Crippen LogP contribution in [-0.4, -0.2) is 54.5 Å². The highest BCUT2D eigenvalue weighted by Crippen LogP contribution is 2.32. The lowest BCUT2D eigenvalue weighted by atomic mass is 9.93. The van der Waals surface area contributed by atoms with E-state index in [1.807, 2.05) is 30.3 Å². The average molecular weight is 345 g/mol. The number of ether oxygens (including phenoxy) is 2. The first-order chi connectivity index (χ1) is 12.0. The van der Waals surface area contributed by atoms with Gasteiger partial charge in [-0.15, -0.1) is 0 Å². The quantitative estimate of drug-likeness (QED) is 0.864. The second-order valence-corrected chi connectivity index (χ2v) is 6.37. The number of aliphatic hydroxyl groups is 1. The Morgan fingerprint density at radius 3 is 2.64 bits per heavy atom. The monoisotopic (exact) mass is 345 g/mol. The highest BCUT2D eigenvalue weighted by atomic mass is 16.5. The lowest BCUT2D eigenvalue weighted by molar-refractivity contribution is -0.148. The fourth-order valence-electron chi connectivity index (χ4n) is 3.47. The van der Waals surface area contributed by atoms with Crippen molar-refractivity contribution in [1.82, 2.24) is 4.90 Å². The number of aliphatic hydroxyl groups excluding tert-OH is 1. The maximum Gasteiger partial charge on any atom is 0.309 e. The van der Waals surface area contributed by atoms with E-state index in [4.69, 9.17) is 14.6 Å². The number of methoxy groups -OCH3 is 2. The fourth-order valence-corrected chi connectivity index (χ4v) is 3.47. The van der Waals surface area contributed by atoms with E-state index in [9.17, 15) is 9.90 Å². The van der Waals surface area contributed by atoms with Crippen LogP contribution in [0.2, 0.25) is 0 Å². The molecule has 1 saturated heterocycles. The number of carboxylic acids is 1. The number of hydrogen-bond acceptors (Lipinski definition) is 5. The molecule has 2 atom stereocenters. The molecule has 2 N–H and O–H groups in total. The van der Waals surface area contributed by atoms with Gasteiger partial charge in [0, 0.05) is 18.7 Å². The number of benzene rings is 2. The van der Waals surface area contributed by atoms with E-state index < -0.39 is 18.0 Å². The summed E-state index contributed by atoms with van der Waals surface area (Å²) in [5.41, 5.74) is 1.01. The van der Waals surface area contributed by atoms with Gasteiger partial charge in [0.2, 0.25) is 0 Å². The molecule has 1 aliphatic heterocycles. The maximum absolute atomic E-state index is 11.2. The molecule has 3 rings (SSSR count). The molecule has 25 heavy (non-hydrogen) atoms. The van der Waals surface area contributed by atoms with E-state index in [1.54, 1.807) is 14.2 Å². The Balaban J connectivity index is 1.91. The van der Waals surface area contributed by atoms with Crippen molar-refractivity contribution in [2.75, 3.05) is 27.3 Å². The largest absolute Gasteiger partial charge is 0.497 e. The highest BCUT2D eigenvalue weighted by molar-refractivity contribution is 5.89. The topological polar surface area (TPSA) is 79.2 Å². The Bertz CT molecular complexity index is 770. The van der Waals surface area contributed by atoms with Crippen LogP contribution in [0, 0.1) is 5.92 Å². The zero-order valence-corrected chi connectivity index (χ0v) is 14.4. The van der Waals surface area contributed by atoms with E-state index in [2.05, 4.69) is 4.90 Å². The molecule has 0 aromatic heterocycles. The van der Waals surface area contributed by atoms with Gasteiger partial charge in [-0.1, -0.05) is 12.1 Å². The van der Waals surface area contributed by atoms with Crippen LogP contribution in [0.1, 0.15) is 12.0 Å². The van der Waals surface area contributed by atoms with E-state index >= 15 is 0 Å². The minimum absolute atomic E-state index is 0.334. The smallest absolute Gasteiger partial charge is 0.309 e. The zero-order chi connectivity index (χ0) is 18.0. The van der Waals surface area contributed by atoms with Crippen molar-refractivity contribution in [1.29, 1.82) is 0 Å². The maximum atomic E-state index is 11.2. The van der Waals surface area contributed by atoms with Gasteiger partial charge in [0.25, 0.3) is 0 Å². The van der Waals surface area contributed by atoms with Gasteiger partial charge in [0.05, 0.1) is 26.2 Å². The number of carboxylic acid groups (broad SMARTS) is 1. The summed E-state index contributed by atoms with van der Waals surface area (Å²) in [7, 11) is 3.27. The number of β-amino-alcohol motifs (C(OH)–C–C–N with tert-alkyl or cyclic N) is 1. The lowest BCUT2D eigenvalue weighted by Crippen LogP contribution is -2.46. The number of carbonyl (C=O) groups is 1. The predicted octanol–water partition coefficient (Wildman–Crippen LogP) is 2.12. The molecule has 6 heteroatoms. The molecule has 0 saturated carbocycles. The molecule has 0 spiro atoms. The number of aliphatic carboxylic acids is 1. The third kappa shape index (κ3) is 3.55. The summed E-state index contributed by atoms with van der Waals surface area (Å²) < 4.78 is 10.9. The average Bonchev–Trinajstić information content (AvgIpc) is 2.61. The summed E-state index contributed by atoms with van der Waals surface area (Å²) >= 11 is 0. The first-order valence-electron chi connectivity index (χ1n) is 8.30. The van der Waals surface area contributed by atoms with Crippen molar-refractivity contribution in [2.24, 2.45) is 5.92 Å². The van der Waals surface area contributed by atoms with Crippen LogP contribution in [0.3, 0.4) is 0 Å². The molecule has 0 aliphatic carbocycles. The van der Waals surface area contributed by atoms with E-state index in [0.29, 0.717) is 26.1 Å². The van der Waals surface area contributed by atoms with Crippen LogP contribution in [0.4, 0.5) is 0 Å². The van der Waals surface area contributed by atoms with E-state index in [-0.39, 0.29) is 0 Å². The van der Waals surface area contributed by atoms with E-state index in [1.165, 1.54) is 0 Å². The van der Waals surface area contributed by atoms with Crippen molar-refractivity contribution >= 4 is 16.7 Å². The molecular weight excluding hydrogens is 322 g/mol. The van der Waals surface area contributed by atoms with Crippen molar-refractivity contribution in [3.8, 4) is 11.5 Å². The van der Waals surface area contributed by atoms with Gasteiger partial charge in [-0.3, -0.25) is 9.69 Å². The summed E-state index contributed by atoms with van der Waals surface area (Å²) in [6.45, 7) is 1.54. The molecule has 0 unspecified atom stereocenters. The fraction of sp³-hybridized carbons (Fsp3) is 0.421. The normalized spacial score (nSPS) is 21.2. The van der Waals surface area contributed by atoms with Crippen molar-refractivity contribution in [3.05, 3.63) is 35.9 Å². The zero-order valence-electron chi connectivity index (χ0n) is 14.4. The number of piperidine rings is 1. The van der Waals surface area contributed by atoms with Crippen LogP contribution in [0.15, 0.2) is 30.3 Å². The predicted molar refractivity (Wildman–Crippen MR) is 94.1 cm³/mol. The summed E-state index contributed by atoms with van der Waals surface area (Å²) in [5, 5.41) is 21.4. The summed E-state index contributed by atoms with van der Waals surface area (Å²) in [6.07, 6.45) is -0.422. The molecule has 0 amide bonds. The summed E-state index contributed by atoms with van der Waals surface area (Å²) in [6, 6.07) is 9.84. The number of rotatable bonds is 5. The Labute approximate surface area is 146 Å². The van der Waals surface area contributed by atoms with Crippen molar-refractivity contribution in [2.45, 2.75) is 19.1 Å². The van der Waals surface area contributed by atoms with Crippen LogP contribution in [-0.2, 0) is 11.3 Å². The van der Waals surface area contributed by atoms with Crippen LogP contribution >= 0.6 is 0 Å². The third-order valence-corrected chi connectivity index (χ3v) is 4.88. The Kier molecular flexibility index (Phi) is 5.11. The Hall–Kier alpha value is -2.31. The molecule has 1 heterocycles. The Morgan fingerprint density at radius 1 is 1.24 bits per heavy atom. The second-order valence-electron chi connectivity index (χ2n) is 6.37. The lowest BCUT2D eigenvalue weighted by Gasteiger charge is -2.34. The van der Waals surface area contributed by atoms with Gasteiger partial charge in [-0.05, 0) is 41.9 Å². The standard InChI is InChI=1S/C19H23NO5/c1-24-13-5-3-12-4-6-18(25-2)16(15(12)9-13)10-20-8-7-14(19(22)23)17(21)11-20/h3-6,9,14,17,21H,7-8,10-11H2,1-2H3,(H,22,23)/t14-,17+/m0/s1. The minimum atomic E-state index is -0.931. The van der Waals surface area contributed by atoms with Crippen LogP contribution in [0.25, 0.3) is 10.8 Å². The molecule has 1 fully saturated rings. The Morgan fingerprint density at radius 2 is 2.00 bits per heavy atom. The van der Waals surface area contributed by atoms with Crippen molar-refractivity contribution < 1.29 is 24.5 Å². The van der Waals surface area contributed by atoms with Gasteiger partial charge in [0.15, 0.2) is 0 Å². The number of hydrogen-bond donors (Lipinski definition) is 2. The SMILES string of the molecule is COc1ccc2ccc(OC)c(CN3CC[C@H](C(=O)O)[C@H](O)C3)c2c1. The van der Waals surface area contributed by atoms with Crippen LogP contribution < -0.4 is 9.47 Å². The van der Waals surface area contributed by atoms with Crippen molar-refractivity contribution in [3.63, 3.8) is 0 Å². The highest BCUT2D eigenvalue weighted by Gasteiger charge is 2.33. The number of nitrogens with zero attached hydrogens (tertiary/aromatic N) is 1. The molecule has 6 nitrogen and oxygen atoms in total. The number of fused-ring (bicyclic) bond motifs is 1. The first kappa shape index (κ1) is 17.5. The molecular formula is C19H23NO5. The summed E-state index contributed by atoms with van der Waals surface area (Å²) in [5.74, 6) is -0.0763. The number of likely N-dealkylation sites (tertiary alicyclic amines) is 1. The van der Waals surface area contributed by atoms with Gasteiger partial charge in [-0.25, -0.2) is 0 Å². The second kappa shape index (κ2) is 7.29. The molecule has 2 aromatic carbocycles. The minimum Gasteiger partial charge on any atom is -0.497 e. The van der Waals surface area contributed by atoms with Gasteiger partial charge in [-0.2, -0.15) is 0 Å². The molecule has 0 bridgehead atoms. The first-order valence-corrected chi connectivity index (χ1v) is 8.30. The third-order valence-electron chi connectivity index (χ3n) is 4.88. The summed E-state index contributed by atoms with van der Waals surface area (Å²) in [4.78, 5) is 13.2. The van der Waals surface area contributed by atoms with Gasteiger partial charge in [0.1, 0.15) is 11.5 Å². The molecule has 0 radical (unpaired) electrons. The molecule has 134 valence electrons. The molecule has 2 aromatic rings.